The molecule has 1 heterocycles. The molecule has 1 amide bonds. The minimum Gasteiger partial charge on any atom is -0.478 e. The molecule has 0 aromatic heterocycles. The highest BCUT2D eigenvalue weighted by Gasteiger charge is 2.33. The van der Waals surface area contributed by atoms with E-state index < -0.39 is 29.1 Å². The molecule has 1 aromatic carbocycles. The number of hydrogen-bond donors (Lipinski definition) is 1. The van der Waals surface area contributed by atoms with Crippen molar-refractivity contribution in [2.24, 2.45) is 11.0 Å². The summed E-state index contributed by atoms with van der Waals surface area (Å²) in [6.45, 7) is 0.0972. The number of carboxylic acids is 1. The van der Waals surface area contributed by atoms with Gasteiger partial charge in [-0.2, -0.15) is 0 Å². The zero-order valence-corrected chi connectivity index (χ0v) is 10.7. The highest BCUT2D eigenvalue weighted by molar-refractivity contribution is 6.03. The van der Waals surface area contributed by atoms with E-state index in [1.54, 1.807) is 0 Å². The van der Waals surface area contributed by atoms with E-state index in [9.17, 15) is 18.4 Å². The van der Waals surface area contributed by atoms with E-state index in [0.717, 1.165) is 11.0 Å². The maximum atomic E-state index is 13.6. The predicted molar refractivity (Wildman–Crippen MR) is 67.8 cm³/mol. The van der Waals surface area contributed by atoms with Crippen LogP contribution in [0.3, 0.4) is 0 Å². The van der Waals surface area contributed by atoms with Crippen LogP contribution in [0.15, 0.2) is 17.2 Å². The highest BCUT2D eigenvalue weighted by Crippen LogP contribution is 2.30. The van der Waals surface area contributed by atoms with Crippen LogP contribution in [0.25, 0.3) is 10.4 Å². The Morgan fingerprint density at radius 1 is 1.52 bits per heavy atom. The van der Waals surface area contributed by atoms with Crippen molar-refractivity contribution in [2.45, 2.75) is 6.42 Å². The summed E-state index contributed by atoms with van der Waals surface area (Å²) in [7, 11) is 0. The van der Waals surface area contributed by atoms with E-state index in [0.29, 0.717) is 6.07 Å². The number of anilines is 1. The first-order valence-corrected chi connectivity index (χ1v) is 5.97. The van der Waals surface area contributed by atoms with Crippen LogP contribution in [0.1, 0.15) is 16.8 Å². The largest absolute Gasteiger partial charge is 0.478 e. The number of benzene rings is 1. The topological polar surface area (TPSA) is 106 Å². The van der Waals surface area contributed by atoms with Gasteiger partial charge in [0, 0.05) is 30.5 Å². The summed E-state index contributed by atoms with van der Waals surface area (Å²) in [5.41, 5.74) is 7.17. The average Bonchev–Trinajstić information content (AvgIpc) is 2.76. The molecular weight excluding hydrogens is 286 g/mol. The van der Waals surface area contributed by atoms with E-state index in [-0.39, 0.29) is 31.1 Å². The van der Waals surface area contributed by atoms with Crippen molar-refractivity contribution in [2.75, 3.05) is 18.0 Å². The van der Waals surface area contributed by atoms with E-state index in [1.807, 2.05) is 0 Å². The SMILES string of the molecule is [N-]=[N+]=NCC1CC(=O)N(c2cc(F)cc(F)c2C(=O)O)C1. The number of nitrogens with zero attached hydrogens (tertiary/aromatic N) is 4. The molecule has 1 aliphatic rings. The normalized spacial score (nSPS) is 17.7. The third-order valence-electron chi connectivity index (χ3n) is 3.15. The van der Waals surface area contributed by atoms with Crippen LogP contribution in [-0.2, 0) is 4.79 Å². The Labute approximate surface area is 117 Å². The van der Waals surface area contributed by atoms with Crippen LogP contribution in [0.5, 0.6) is 0 Å². The standard InChI is InChI=1S/C12H10F2N4O3/c13-7-2-8(14)11(12(20)21)9(3-7)18-5-6(1-10(18)19)4-16-17-15/h2-3,6H,1,4-5H2,(H,20,21). The Kier molecular flexibility index (Phi) is 4.04. The molecule has 2 rings (SSSR count). The number of azide groups is 1. The molecule has 0 spiro atoms. The molecule has 21 heavy (non-hydrogen) atoms. The molecule has 0 radical (unpaired) electrons. The molecule has 1 aromatic rings. The molecule has 1 atom stereocenters. The van der Waals surface area contributed by atoms with Gasteiger partial charge >= 0.3 is 5.97 Å². The Bertz CT molecular complexity index is 658. The number of rotatable bonds is 4. The molecule has 0 saturated carbocycles. The highest BCUT2D eigenvalue weighted by atomic mass is 19.1. The molecule has 1 unspecified atom stereocenters. The number of aromatic carboxylic acids is 1. The maximum absolute atomic E-state index is 13.6. The van der Waals surface area contributed by atoms with Crippen LogP contribution in [0.4, 0.5) is 14.5 Å². The Morgan fingerprint density at radius 2 is 2.24 bits per heavy atom. The van der Waals surface area contributed by atoms with Gasteiger partial charge in [0.25, 0.3) is 0 Å². The summed E-state index contributed by atoms with van der Waals surface area (Å²) >= 11 is 0. The lowest BCUT2D eigenvalue weighted by atomic mass is 10.1. The minimum absolute atomic E-state index is 0.0240. The van der Waals surface area contributed by atoms with E-state index in [4.69, 9.17) is 10.6 Å². The first-order valence-electron chi connectivity index (χ1n) is 5.97. The quantitative estimate of drug-likeness (QED) is 0.523. The third-order valence-corrected chi connectivity index (χ3v) is 3.15. The van der Waals surface area contributed by atoms with E-state index in [1.165, 1.54) is 0 Å². The van der Waals surface area contributed by atoms with Gasteiger partial charge in [0.1, 0.15) is 17.2 Å². The second-order valence-corrected chi connectivity index (χ2v) is 4.57. The van der Waals surface area contributed by atoms with Crippen molar-refractivity contribution in [1.29, 1.82) is 0 Å². The summed E-state index contributed by atoms with van der Waals surface area (Å²) in [6.07, 6.45) is 0.0240. The van der Waals surface area contributed by atoms with E-state index in [2.05, 4.69) is 10.0 Å². The molecule has 1 N–H and O–H groups in total. The van der Waals surface area contributed by atoms with Gasteiger partial charge in [-0.15, -0.1) is 0 Å². The zero-order chi connectivity index (χ0) is 15.6. The summed E-state index contributed by atoms with van der Waals surface area (Å²) in [6, 6.07) is 1.26. The summed E-state index contributed by atoms with van der Waals surface area (Å²) in [4.78, 5) is 26.6. The van der Waals surface area contributed by atoms with Gasteiger partial charge < -0.3 is 10.0 Å². The number of carbonyl (C=O) groups excluding carboxylic acids is 1. The third kappa shape index (κ3) is 2.92. The average molecular weight is 296 g/mol. The fraction of sp³-hybridized carbons (Fsp3) is 0.333. The lowest BCUT2D eigenvalue weighted by Crippen LogP contribution is -2.27. The van der Waals surface area contributed by atoms with Crippen LogP contribution in [0.2, 0.25) is 0 Å². The van der Waals surface area contributed by atoms with Crippen molar-refractivity contribution in [3.8, 4) is 0 Å². The maximum Gasteiger partial charge on any atom is 0.340 e. The Balaban J connectivity index is 2.40. The van der Waals surface area contributed by atoms with Gasteiger partial charge in [0.05, 0.1) is 5.69 Å². The molecule has 0 bridgehead atoms. The number of carbonyl (C=O) groups is 2. The smallest absolute Gasteiger partial charge is 0.340 e. The lowest BCUT2D eigenvalue weighted by Gasteiger charge is -2.19. The first kappa shape index (κ1) is 14.7. The number of amides is 1. The predicted octanol–water partition coefficient (Wildman–Crippen LogP) is 2.33. The van der Waals surface area contributed by atoms with Crippen LogP contribution in [0, 0.1) is 17.6 Å². The van der Waals surface area contributed by atoms with Crippen molar-refractivity contribution < 1.29 is 23.5 Å². The molecule has 110 valence electrons. The van der Waals surface area contributed by atoms with Gasteiger partial charge in [0.15, 0.2) is 0 Å². The van der Waals surface area contributed by atoms with Crippen LogP contribution >= 0.6 is 0 Å². The lowest BCUT2D eigenvalue weighted by molar-refractivity contribution is -0.117. The molecular formula is C12H10F2N4O3. The minimum atomic E-state index is -1.59. The second-order valence-electron chi connectivity index (χ2n) is 4.57. The molecule has 9 heteroatoms. The number of hydrogen-bond acceptors (Lipinski definition) is 3. The summed E-state index contributed by atoms with van der Waals surface area (Å²) in [5.74, 6) is -4.60. The molecule has 1 aliphatic heterocycles. The fourth-order valence-corrected chi connectivity index (χ4v) is 2.27. The molecule has 1 fully saturated rings. The van der Waals surface area contributed by atoms with Crippen LogP contribution in [-0.4, -0.2) is 30.1 Å². The monoisotopic (exact) mass is 296 g/mol. The fourth-order valence-electron chi connectivity index (χ4n) is 2.27. The van der Waals surface area contributed by atoms with Gasteiger partial charge in [-0.3, -0.25) is 4.79 Å². The summed E-state index contributed by atoms with van der Waals surface area (Å²) < 4.78 is 26.9. The van der Waals surface area contributed by atoms with Crippen LogP contribution < -0.4 is 4.90 Å². The Hall–Kier alpha value is -2.67. The zero-order valence-electron chi connectivity index (χ0n) is 10.7. The van der Waals surface area contributed by atoms with Crippen molar-refractivity contribution in [1.82, 2.24) is 0 Å². The Morgan fingerprint density at radius 3 is 2.86 bits per heavy atom. The summed E-state index contributed by atoms with van der Waals surface area (Å²) in [5, 5.41) is 12.4. The number of halogens is 2. The molecule has 1 saturated heterocycles. The van der Waals surface area contributed by atoms with Gasteiger partial charge in [-0.25, -0.2) is 13.6 Å². The van der Waals surface area contributed by atoms with Gasteiger partial charge in [-0.1, -0.05) is 5.11 Å². The van der Waals surface area contributed by atoms with Gasteiger partial charge in [0.2, 0.25) is 5.91 Å². The second kappa shape index (κ2) is 5.76. The molecule has 7 nitrogen and oxygen atoms in total. The van der Waals surface area contributed by atoms with Crippen molar-refractivity contribution >= 4 is 17.6 Å². The van der Waals surface area contributed by atoms with Crippen molar-refractivity contribution in [3.63, 3.8) is 0 Å². The van der Waals surface area contributed by atoms with E-state index >= 15 is 0 Å². The van der Waals surface area contributed by atoms with Gasteiger partial charge in [-0.05, 0) is 17.5 Å². The molecule has 0 aliphatic carbocycles. The van der Waals surface area contributed by atoms with Crippen molar-refractivity contribution in [3.05, 3.63) is 39.8 Å². The first-order chi connectivity index (χ1) is 9.93. The number of carboxylic acid groups (broad SMARTS) is 1.